The molecule has 0 N–H and O–H groups in total. The summed E-state index contributed by atoms with van der Waals surface area (Å²) in [6.07, 6.45) is 0. The van der Waals surface area contributed by atoms with E-state index in [9.17, 15) is 0 Å². The van der Waals surface area contributed by atoms with Crippen LogP contribution in [-0.4, -0.2) is 19.0 Å². The van der Waals surface area contributed by atoms with Gasteiger partial charge in [0.2, 0.25) is 5.90 Å². The molecule has 23 heavy (non-hydrogen) atoms. The van der Waals surface area contributed by atoms with E-state index in [0.29, 0.717) is 6.61 Å². The summed E-state index contributed by atoms with van der Waals surface area (Å²) in [7, 11) is 0. The minimum atomic E-state index is 0.678. The van der Waals surface area contributed by atoms with Gasteiger partial charge in [-0.2, -0.15) is 0 Å². The molecule has 1 heterocycles. The van der Waals surface area contributed by atoms with E-state index in [0.717, 1.165) is 18.0 Å². The number of nitrogens with zero attached hydrogens (tertiary/aromatic N) is 1. The summed E-state index contributed by atoms with van der Waals surface area (Å²) >= 11 is 0. The molecular formula is C21H19NO. The van der Waals surface area contributed by atoms with Crippen LogP contribution in [0.25, 0.3) is 21.9 Å². The average Bonchev–Trinajstić information content (AvgIpc) is 3.08. The maximum absolute atomic E-state index is 5.78. The average molecular weight is 301 g/mol. The van der Waals surface area contributed by atoms with E-state index in [1.165, 1.54) is 33.0 Å². The molecule has 0 spiro atoms. The van der Waals surface area contributed by atoms with Crippen molar-refractivity contribution in [3.05, 3.63) is 71.3 Å². The standard InChI is InChI=1S/C21H19NO/c1-14-6-5-9-18(20(14)21-22-12-13-23-21)19-15(2)10-11-16-7-3-4-8-17(16)19/h3-11H,12-13H2,1-2H3. The lowest BCUT2D eigenvalue weighted by molar-refractivity contribution is 0.348. The predicted octanol–water partition coefficient (Wildman–Crippen LogP) is 4.90. The monoisotopic (exact) mass is 301 g/mol. The molecule has 0 fully saturated rings. The number of aryl methyl sites for hydroxylation is 2. The third-order valence-electron chi connectivity index (χ3n) is 4.48. The summed E-state index contributed by atoms with van der Waals surface area (Å²) in [4.78, 5) is 4.56. The molecule has 4 rings (SSSR count). The number of aliphatic imine (C=N–C) groups is 1. The molecule has 0 saturated heterocycles. The van der Waals surface area contributed by atoms with Crippen molar-refractivity contribution in [2.45, 2.75) is 13.8 Å². The van der Waals surface area contributed by atoms with Crippen molar-refractivity contribution in [2.75, 3.05) is 13.2 Å². The Morgan fingerprint density at radius 2 is 1.65 bits per heavy atom. The van der Waals surface area contributed by atoms with Crippen molar-refractivity contribution >= 4 is 16.7 Å². The Morgan fingerprint density at radius 1 is 0.826 bits per heavy atom. The molecule has 0 radical (unpaired) electrons. The van der Waals surface area contributed by atoms with Crippen LogP contribution in [0.2, 0.25) is 0 Å². The van der Waals surface area contributed by atoms with Gasteiger partial charge in [-0.15, -0.1) is 0 Å². The molecule has 0 saturated carbocycles. The summed E-state index contributed by atoms with van der Waals surface area (Å²) in [6.45, 7) is 5.73. The fraction of sp³-hybridized carbons (Fsp3) is 0.190. The first-order valence-electron chi connectivity index (χ1n) is 8.01. The number of hydrogen-bond acceptors (Lipinski definition) is 2. The third-order valence-corrected chi connectivity index (χ3v) is 4.48. The largest absolute Gasteiger partial charge is 0.475 e. The van der Waals surface area contributed by atoms with Gasteiger partial charge in [-0.25, -0.2) is 4.99 Å². The molecule has 114 valence electrons. The first kappa shape index (κ1) is 14.0. The van der Waals surface area contributed by atoms with Crippen molar-refractivity contribution < 1.29 is 4.74 Å². The number of rotatable bonds is 2. The van der Waals surface area contributed by atoms with Gasteiger partial charge in [-0.05, 0) is 46.9 Å². The molecule has 1 aliphatic rings. The molecule has 0 atom stereocenters. The summed E-state index contributed by atoms with van der Waals surface area (Å²) in [5.41, 5.74) is 6.09. The summed E-state index contributed by atoms with van der Waals surface area (Å²) < 4.78 is 5.78. The highest BCUT2D eigenvalue weighted by Gasteiger charge is 2.20. The van der Waals surface area contributed by atoms with E-state index in [-0.39, 0.29) is 0 Å². The number of hydrogen-bond donors (Lipinski definition) is 0. The molecule has 0 aromatic heterocycles. The highest BCUT2D eigenvalue weighted by atomic mass is 16.5. The van der Waals surface area contributed by atoms with Crippen molar-refractivity contribution in [2.24, 2.45) is 4.99 Å². The zero-order valence-electron chi connectivity index (χ0n) is 13.5. The number of fused-ring (bicyclic) bond motifs is 1. The zero-order valence-corrected chi connectivity index (χ0v) is 13.5. The Bertz CT molecular complexity index is 924. The first-order chi connectivity index (χ1) is 11.3. The second-order valence-corrected chi connectivity index (χ2v) is 6.01. The molecule has 3 aromatic carbocycles. The van der Waals surface area contributed by atoms with Gasteiger partial charge in [0.15, 0.2) is 0 Å². The van der Waals surface area contributed by atoms with E-state index in [1.54, 1.807) is 0 Å². The summed E-state index contributed by atoms with van der Waals surface area (Å²) in [5.74, 6) is 0.783. The Labute approximate surface area is 136 Å². The number of benzene rings is 3. The van der Waals surface area contributed by atoms with Gasteiger partial charge in [-0.3, -0.25) is 0 Å². The molecule has 0 bridgehead atoms. The van der Waals surface area contributed by atoms with Crippen LogP contribution in [0.5, 0.6) is 0 Å². The van der Waals surface area contributed by atoms with Crippen molar-refractivity contribution in [1.82, 2.24) is 0 Å². The lowest BCUT2D eigenvalue weighted by atomic mass is 9.89. The smallest absolute Gasteiger partial charge is 0.217 e. The third kappa shape index (κ3) is 2.31. The Kier molecular flexibility index (Phi) is 3.38. The first-order valence-corrected chi connectivity index (χ1v) is 8.01. The van der Waals surface area contributed by atoms with Crippen LogP contribution >= 0.6 is 0 Å². The fourth-order valence-corrected chi connectivity index (χ4v) is 3.38. The van der Waals surface area contributed by atoms with Gasteiger partial charge in [0.05, 0.1) is 6.54 Å². The van der Waals surface area contributed by atoms with E-state index in [1.807, 2.05) is 0 Å². The minimum absolute atomic E-state index is 0.678. The summed E-state index contributed by atoms with van der Waals surface area (Å²) in [5, 5.41) is 2.53. The molecule has 2 nitrogen and oxygen atoms in total. The molecule has 0 aliphatic carbocycles. The second-order valence-electron chi connectivity index (χ2n) is 6.01. The SMILES string of the molecule is Cc1cccc(-c2c(C)ccc3ccccc23)c1C1=NCCO1. The van der Waals surface area contributed by atoms with Crippen molar-refractivity contribution in [3.8, 4) is 11.1 Å². The molecule has 0 unspecified atom stereocenters. The molecule has 0 amide bonds. The van der Waals surface area contributed by atoms with Gasteiger partial charge in [0.25, 0.3) is 0 Å². The topological polar surface area (TPSA) is 21.6 Å². The van der Waals surface area contributed by atoms with Crippen LogP contribution in [-0.2, 0) is 4.74 Å². The normalized spacial score (nSPS) is 13.9. The van der Waals surface area contributed by atoms with Crippen LogP contribution in [0.4, 0.5) is 0 Å². The molecular weight excluding hydrogens is 282 g/mol. The van der Waals surface area contributed by atoms with Gasteiger partial charge in [0.1, 0.15) is 6.61 Å². The fourth-order valence-electron chi connectivity index (χ4n) is 3.38. The number of ether oxygens (including phenoxy) is 1. The maximum atomic E-state index is 5.78. The van der Waals surface area contributed by atoms with Gasteiger partial charge in [0, 0.05) is 5.56 Å². The van der Waals surface area contributed by atoms with Crippen LogP contribution < -0.4 is 0 Å². The van der Waals surface area contributed by atoms with Crippen molar-refractivity contribution in [3.63, 3.8) is 0 Å². The van der Waals surface area contributed by atoms with Crippen LogP contribution in [0.1, 0.15) is 16.7 Å². The zero-order chi connectivity index (χ0) is 15.8. The predicted molar refractivity (Wildman–Crippen MR) is 96.2 cm³/mol. The lowest BCUT2D eigenvalue weighted by Crippen LogP contribution is -2.06. The highest BCUT2D eigenvalue weighted by molar-refractivity contribution is 6.08. The highest BCUT2D eigenvalue weighted by Crippen LogP contribution is 2.35. The van der Waals surface area contributed by atoms with Crippen LogP contribution in [0, 0.1) is 13.8 Å². The van der Waals surface area contributed by atoms with E-state index < -0.39 is 0 Å². The summed E-state index contributed by atoms with van der Waals surface area (Å²) in [6, 6.07) is 19.4. The second kappa shape index (κ2) is 5.54. The van der Waals surface area contributed by atoms with Gasteiger partial charge < -0.3 is 4.74 Å². The van der Waals surface area contributed by atoms with Gasteiger partial charge in [-0.1, -0.05) is 54.6 Å². The van der Waals surface area contributed by atoms with E-state index >= 15 is 0 Å². The quantitative estimate of drug-likeness (QED) is 0.659. The maximum Gasteiger partial charge on any atom is 0.217 e. The van der Waals surface area contributed by atoms with E-state index in [4.69, 9.17) is 4.74 Å². The van der Waals surface area contributed by atoms with Crippen LogP contribution in [0.3, 0.4) is 0 Å². The minimum Gasteiger partial charge on any atom is -0.475 e. The Hall–Kier alpha value is -2.61. The Balaban J connectivity index is 2.06. The van der Waals surface area contributed by atoms with E-state index in [2.05, 4.69) is 73.4 Å². The lowest BCUT2D eigenvalue weighted by Gasteiger charge is -2.16. The molecule has 1 aliphatic heterocycles. The molecule has 3 aromatic rings. The molecule has 2 heteroatoms. The Morgan fingerprint density at radius 3 is 2.48 bits per heavy atom. The van der Waals surface area contributed by atoms with Crippen molar-refractivity contribution in [1.29, 1.82) is 0 Å². The van der Waals surface area contributed by atoms with Gasteiger partial charge >= 0.3 is 0 Å². The van der Waals surface area contributed by atoms with Crippen LogP contribution in [0.15, 0.2) is 59.6 Å².